The van der Waals surface area contributed by atoms with Crippen molar-refractivity contribution in [1.29, 1.82) is 0 Å². The van der Waals surface area contributed by atoms with Crippen molar-refractivity contribution in [3.63, 3.8) is 0 Å². The van der Waals surface area contributed by atoms with Crippen LogP contribution in [0.15, 0.2) is 22.8 Å². The van der Waals surface area contributed by atoms with Crippen molar-refractivity contribution in [2.45, 2.75) is 20.4 Å². The summed E-state index contributed by atoms with van der Waals surface area (Å²) in [6.07, 6.45) is 1.83. The minimum Gasteiger partial charge on any atom is -0.477 e. The highest BCUT2D eigenvalue weighted by Crippen LogP contribution is 2.27. The topological polar surface area (TPSA) is 71.3 Å². The van der Waals surface area contributed by atoms with Gasteiger partial charge in [-0.2, -0.15) is 0 Å². The number of carboxylic acid groups (broad SMARTS) is 1. The Morgan fingerprint density at radius 1 is 1.45 bits per heavy atom. The van der Waals surface area contributed by atoms with Crippen LogP contribution >= 0.6 is 27.3 Å². The summed E-state index contributed by atoms with van der Waals surface area (Å²) in [5, 5.41) is 12.3. The summed E-state index contributed by atoms with van der Waals surface area (Å²) in [5.74, 6) is -1.23. The first-order valence-corrected chi connectivity index (χ1v) is 7.54. The molecule has 0 aliphatic heterocycles. The Hall–Kier alpha value is -1.60. The van der Waals surface area contributed by atoms with Crippen molar-refractivity contribution in [3.05, 3.63) is 38.9 Å². The van der Waals surface area contributed by atoms with Crippen LogP contribution in [0.1, 0.15) is 32.6 Å². The first kappa shape index (κ1) is 14.8. The number of anilines is 1. The molecule has 0 aliphatic rings. The molecule has 0 bridgehead atoms. The van der Waals surface area contributed by atoms with Crippen molar-refractivity contribution in [2.24, 2.45) is 0 Å². The number of amides is 1. The molecule has 5 nitrogen and oxygen atoms in total. The Labute approximate surface area is 128 Å². The van der Waals surface area contributed by atoms with Crippen molar-refractivity contribution in [1.82, 2.24) is 4.57 Å². The summed E-state index contributed by atoms with van der Waals surface area (Å²) in [5.41, 5.74) is 1.17. The second-order valence-corrected chi connectivity index (χ2v) is 6.18. The maximum absolute atomic E-state index is 12.2. The van der Waals surface area contributed by atoms with Gasteiger partial charge in [0.15, 0.2) is 0 Å². The van der Waals surface area contributed by atoms with Crippen molar-refractivity contribution in [2.75, 3.05) is 5.32 Å². The Balaban J connectivity index is 2.23. The fourth-order valence-corrected chi connectivity index (χ4v) is 3.23. The molecule has 2 heterocycles. The highest BCUT2D eigenvalue weighted by atomic mass is 79.9. The molecule has 20 heavy (non-hydrogen) atoms. The van der Waals surface area contributed by atoms with Gasteiger partial charge in [0.1, 0.15) is 10.6 Å². The largest absolute Gasteiger partial charge is 0.477 e. The highest BCUT2D eigenvalue weighted by molar-refractivity contribution is 9.10. The molecule has 0 aromatic carbocycles. The van der Waals surface area contributed by atoms with Crippen LogP contribution < -0.4 is 5.32 Å². The van der Waals surface area contributed by atoms with E-state index in [1.807, 2.05) is 17.7 Å². The Bertz CT molecular complexity index is 675. The Morgan fingerprint density at radius 2 is 2.15 bits per heavy atom. The molecule has 0 atom stereocenters. The minimum atomic E-state index is -0.979. The quantitative estimate of drug-likeness (QED) is 0.879. The van der Waals surface area contributed by atoms with Crippen LogP contribution in [0, 0.1) is 6.92 Å². The lowest BCUT2D eigenvalue weighted by Gasteiger charge is -2.05. The molecular weight excluding hydrogens is 344 g/mol. The first-order valence-electron chi connectivity index (χ1n) is 5.93. The molecule has 1 amide bonds. The van der Waals surface area contributed by atoms with Crippen LogP contribution in [0.3, 0.4) is 0 Å². The predicted octanol–water partition coefficient (Wildman–Crippen LogP) is 3.59. The standard InChI is InChI=1S/C13H13BrN2O3S/c1-3-16-6-8(14)5-9(16)12(17)15-10-4-7(2)11(20-10)13(18)19/h4-6H,3H2,1-2H3,(H,15,17)(H,18,19). The van der Waals surface area contributed by atoms with Crippen LogP contribution in [0.4, 0.5) is 5.00 Å². The van der Waals surface area contributed by atoms with E-state index in [1.54, 1.807) is 19.1 Å². The zero-order valence-electron chi connectivity index (χ0n) is 10.9. The average Bonchev–Trinajstić information content (AvgIpc) is 2.92. The van der Waals surface area contributed by atoms with Crippen LogP contribution in [0.2, 0.25) is 0 Å². The summed E-state index contributed by atoms with van der Waals surface area (Å²) in [6, 6.07) is 3.40. The molecule has 106 valence electrons. The van der Waals surface area contributed by atoms with Gasteiger partial charge in [-0.25, -0.2) is 4.79 Å². The molecule has 0 fully saturated rings. The molecule has 0 saturated heterocycles. The molecule has 0 aliphatic carbocycles. The third-order valence-corrected chi connectivity index (χ3v) is 4.36. The van der Waals surface area contributed by atoms with Crippen molar-refractivity contribution in [3.8, 4) is 0 Å². The molecule has 2 aromatic heterocycles. The number of carbonyl (C=O) groups excluding carboxylic acids is 1. The van der Waals surface area contributed by atoms with Crippen LogP contribution in [0.5, 0.6) is 0 Å². The Kier molecular flexibility index (Phi) is 4.29. The van der Waals surface area contributed by atoms with Gasteiger partial charge in [0, 0.05) is 17.2 Å². The average molecular weight is 357 g/mol. The van der Waals surface area contributed by atoms with Gasteiger partial charge in [-0.15, -0.1) is 11.3 Å². The van der Waals surface area contributed by atoms with Gasteiger partial charge in [-0.3, -0.25) is 4.79 Å². The lowest BCUT2D eigenvalue weighted by molar-refractivity contribution is 0.0701. The van der Waals surface area contributed by atoms with Crippen molar-refractivity contribution < 1.29 is 14.7 Å². The summed E-state index contributed by atoms with van der Waals surface area (Å²) in [4.78, 5) is 23.4. The number of thiophene rings is 1. The minimum absolute atomic E-state index is 0.243. The number of hydrogen-bond donors (Lipinski definition) is 2. The van der Waals surface area contributed by atoms with Crippen molar-refractivity contribution >= 4 is 44.1 Å². The zero-order valence-corrected chi connectivity index (χ0v) is 13.3. The van der Waals surface area contributed by atoms with E-state index < -0.39 is 5.97 Å². The van der Waals surface area contributed by atoms with Gasteiger partial charge in [0.2, 0.25) is 0 Å². The van der Waals surface area contributed by atoms with E-state index in [1.165, 1.54) is 0 Å². The van der Waals surface area contributed by atoms with E-state index in [-0.39, 0.29) is 10.8 Å². The fraction of sp³-hybridized carbons (Fsp3) is 0.231. The highest BCUT2D eigenvalue weighted by Gasteiger charge is 2.16. The number of aryl methyl sites for hydroxylation is 2. The number of aromatic carboxylic acids is 1. The SMILES string of the molecule is CCn1cc(Br)cc1C(=O)Nc1cc(C)c(C(=O)O)s1. The van der Waals surface area contributed by atoms with Gasteiger partial charge in [-0.1, -0.05) is 0 Å². The third kappa shape index (κ3) is 2.94. The smallest absolute Gasteiger partial charge is 0.346 e. The maximum atomic E-state index is 12.2. The van der Waals surface area contributed by atoms with Gasteiger partial charge < -0.3 is 15.0 Å². The number of nitrogens with one attached hydrogen (secondary N) is 1. The van der Waals surface area contributed by atoms with E-state index in [9.17, 15) is 9.59 Å². The van der Waals surface area contributed by atoms with Gasteiger partial charge in [0.25, 0.3) is 5.91 Å². The second kappa shape index (κ2) is 5.80. The molecule has 2 rings (SSSR count). The normalized spacial score (nSPS) is 10.6. The third-order valence-electron chi connectivity index (χ3n) is 2.79. The summed E-state index contributed by atoms with van der Waals surface area (Å²) >= 11 is 4.39. The summed E-state index contributed by atoms with van der Waals surface area (Å²) in [6.45, 7) is 4.33. The first-order chi connectivity index (χ1) is 9.42. The molecule has 0 unspecified atom stereocenters. The van der Waals surface area contributed by atoms with Crippen LogP contribution in [0.25, 0.3) is 0 Å². The van der Waals surface area contributed by atoms with Gasteiger partial charge >= 0.3 is 5.97 Å². The van der Waals surface area contributed by atoms with E-state index in [2.05, 4.69) is 21.2 Å². The second-order valence-electron chi connectivity index (χ2n) is 4.21. The van der Waals surface area contributed by atoms with Crippen LogP contribution in [-0.2, 0) is 6.54 Å². The molecule has 2 aromatic rings. The van der Waals surface area contributed by atoms with Crippen LogP contribution in [-0.4, -0.2) is 21.6 Å². The van der Waals surface area contributed by atoms with E-state index in [0.29, 0.717) is 22.8 Å². The number of aromatic nitrogens is 1. The Morgan fingerprint density at radius 3 is 2.70 bits per heavy atom. The number of halogens is 1. The lowest BCUT2D eigenvalue weighted by Crippen LogP contribution is -2.15. The summed E-state index contributed by atoms with van der Waals surface area (Å²) in [7, 11) is 0. The molecule has 0 spiro atoms. The number of carbonyl (C=O) groups is 2. The molecule has 0 radical (unpaired) electrons. The zero-order chi connectivity index (χ0) is 14.9. The number of nitrogens with zero attached hydrogens (tertiary/aromatic N) is 1. The number of carboxylic acids is 1. The van der Waals surface area contributed by atoms with E-state index in [4.69, 9.17) is 5.11 Å². The molecule has 2 N–H and O–H groups in total. The van der Waals surface area contributed by atoms with E-state index >= 15 is 0 Å². The molecule has 7 heteroatoms. The van der Waals surface area contributed by atoms with Gasteiger partial charge in [-0.05, 0) is 47.5 Å². The fourth-order valence-electron chi connectivity index (χ4n) is 1.86. The summed E-state index contributed by atoms with van der Waals surface area (Å²) < 4.78 is 2.65. The van der Waals surface area contributed by atoms with E-state index in [0.717, 1.165) is 15.8 Å². The van der Waals surface area contributed by atoms with Gasteiger partial charge in [0.05, 0.1) is 5.00 Å². The predicted molar refractivity (Wildman–Crippen MR) is 81.8 cm³/mol. The number of hydrogen-bond acceptors (Lipinski definition) is 3. The molecular formula is C13H13BrN2O3S. The number of rotatable bonds is 4. The maximum Gasteiger partial charge on any atom is 0.346 e. The molecule has 0 saturated carbocycles. The lowest BCUT2D eigenvalue weighted by atomic mass is 10.3. The monoisotopic (exact) mass is 356 g/mol.